The molecule has 2 aromatic heterocycles. The molecule has 3 aromatic rings. The summed E-state index contributed by atoms with van der Waals surface area (Å²) in [6.07, 6.45) is 6.16. The van der Waals surface area contributed by atoms with E-state index >= 15 is 0 Å². The molecule has 128 valence electrons. The van der Waals surface area contributed by atoms with Gasteiger partial charge in [-0.15, -0.1) is 11.3 Å². The molecule has 3 rings (SSSR count). The molecule has 0 spiro atoms. The van der Waals surface area contributed by atoms with Crippen molar-refractivity contribution in [3.05, 3.63) is 76.5 Å². The minimum Gasteiger partial charge on any atom is -0.345 e. The second-order valence-corrected chi connectivity index (χ2v) is 6.69. The van der Waals surface area contributed by atoms with E-state index in [1.165, 1.54) is 18.3 Å². The Bertz CT molecular complexity index is 841. The van der Waals surface area contributed by atoms with Crippen LogP contribution in [-0.4, -0.2) is 21.2 Å². The summed E-state index contributed by atoms with van der Waals surface area (Å²) in [5.74, 6) is -0.188. The molecule has 1 amide bonds. The second kappa shape index (κ2) is 7.90. The van der Waals surface area contributed by atoms with E-state index in [9.17, 15) is 9.59 Å². The Labute approximate surface area is 150 Å². The first kappa shape index (κ1) is 17.1. The van der Waals surface area contributed by atoms with Crippen LogP contribution >= 0.6 is 11.3 Å². The summed E-state index contributed by atoms with van der Waals surface area (Å²) in [5, 5.41) is 4.81. The lowest BCUT2D eigenvalue weighted by Crippen LogP contribution is -2.29. The number of rotatable bonds is 7. The van der Waals surface area contributed by atoms with E-state index in [1.807, 2.05) is 41.1 Å². The number of nitrogens with zero attached hydrogens (tertiary/aromatic N) is 2. The molecule has 0 saturated heterocycles. The SMILES string of the molecule is CC(=O)c1cc(C(=O)N[C@H](CCn2ccnc2)c2ccccc2)cs1. The van der Waals surface area contributed by atoms with Crippen LogP contribution in [0.15, 0.2) is 60.5 Å². The summed E-state index contributed by atoms with van der Waals surface area (Å²) in [5.41, 5.74) is 1.58. The zero-order valence-electron chi connectivity index (χ0n) is 13.9. The number of Topliss-reactive ketones (excluding diaryl/α,β-unsaturated/α-hetero) is 1. The number of benzene rings is 1. The van der Waals surface area contributed by atoms with Gasteiger partial charge in [-0.2, -0.15) is 0 Å². The van der Waals surface area contributed by atoms with Gasteiger partial charge in [0.15, 0.2) is 5.78 Å². The molecule has 0 bridgehead atoms. The minimum absolute atomic E-state index is 0.0243. The zero-order chi connectivity index (χ0) is 17.6. The molecule has 6 heteroatoms. The monoisotopic (exact) mass is 353 g/mol. The second-order valence-electron chi connectivity index (χ2n) is 5.78. The van der Waals surface area contributed by atoms with Crippen LogP contribution in [0.5, 0.6) is 0 Å². The number of imidazole rings is 1. The number of aromatic nitrogens is 2. The maximum Gasteiger partial charge on any atom is 0.252 e. The Morgan fingerprint density at radius 2 is 2.08 bits per heavy atom. The lowest BCUT2D eigenvalue weighted by molar-refractivity contribution is 0.0934. The van der Waals surface area contributed by atoms with Gasteiger partial charge in [0.2, 0.25) is 0 Å². The number of nitrogens with one attached hydrogen (secondary N) is 1. The van der Waals surface area contributed by atoms with Crippen molar-refractivity contribution < 1.29 is 9.59 Å². The average molecular weight is 353 g/mol. The predicted molar refractivity (Wildman–Crippen MR) is 97.8 cm³/mol. The highest BCUT2D eigenvalue weighted by Crippen LogP contribution is 2.20. The molecule has 0 saturated carbocycles. The normalized spacial score (nSPS) is 11.9. The van der Waals surface area contributed by atoms with E-state index in [-0.39, 0.29) is 17.7 Å². The van der Waals surface area contributed by atoms with Crippen LogP contribution in [-0.2, 0) is 6.54 Å². The highest BCUT2D eigenvalue weighted by Gasteiger charge is 2.17. The quantitative estimate of drug-likeness (QED) is 0.659. The molecule has 5 nitrogen and oxygen atoms in total. The number of aryl methyl sites for hydroxylation is 1. The van der Waals surface area contributed by atoms with Gasteiger partial charge < -0.3 is 9.88 Å². The van der Waals surface area contributed by atoms with Gasteiger partial charge in [0, 0.05) is 24.3 Å². The van der Waals surface area contributed by atoms with Gasteiger partial charge in [-0.05, 0) is 25.0 Å². The molecule has 1 aromatic carbocycles. The standard InChI is InChI=1S/C19H19N3O2S/c1-14(23)18-11-16(12-25-18)19(24)21-17(15-5-3-2-4-6-15)7-9-22-10-8-20-13-22/h2-6,8,10-13,17H,7,9H2,1H3,(H,21,24)/t17-/m1/s1. The maximum atomic E-state index is 12.6. The van der Waals surface area contributed by atoms with E-state index in [4.69, 9.17) is 0 Å². The fraction of sp³-hybridized carbons (Fsp3) is 0.211. The Hall–Kier alpha value is -2.73. The number of ketones is 1. The Kier molecular flexibility index (Phi) is 5.40. The maximum absolute atomic E-state index is 12.6. The summed E-state index contributed by atoms with van der Waals surface area (Å²) in [4.78, 5) is 28.7. The molecular formula is C19H19N3O2S. The van der Waals surface area contributed by atoms with Gasteiger partial charge in [-0.3, -0.25) is 9.59 Å². The van der Waals surface area contributed by atoms with Crippen molar-refractivity contribution in [2.24, 2.45) is 0 Å². The molecule has 0 fully saturated rings. The summed E-state index contributed by atoms with van der Waals surface area (Å²) in [6, 6.07) is 11.4. The van der Waals surface area contributed by atoms with Gasteiger partial charge in [-0.25, -0.2) is 4.98 Å². The minimum atomic E-state index is -0.164. The van der Waals surface area contributed by atoms with E-state index in [2.05, 4.69) is 10.3 Å². The topological polar surface area (TPSA) is 64.0 Å². The largest absolute Gasteiger partial charge is 0.345 e. The first-order valence-electron chi connectivity index (χ1n) is 8.04. The van der Waals surface area contributed by atoms with Crippen molar-refractivity contribution in [1.29, 1.82) is 0 Å². The fourth-order valence-electron chi connectivity index (χ4n) is 2.59. The van der Waals surface area contributed by atoms with Crippen molar-refractivity contribution in [3.8, 4) is 0 Å². The molecule has 0 unspecified atom stereocenters. The molecule has 0 radical (unpaired) electrons. The third-order valence-corrected chi connectivity index (χ3v) is 4.98. The lowest BCUT2D eigenvalue weighted by Gasteiger charge is -2.19. The van der Waals surface area contributed by atoms with Gasteiger partial charge in [0.05, 0.1) is 22.8 Å². The van der Waals surface area contributed by atoms with Crippen molar-refractivity contribution >= 4 is 23.0 Å². The van der Waals surface area contributed by atoms with Gasteiger partial charge >= 0.3 is 0 Å². The first-order chi connectivity index (χ1) is 12.1. The molecule has 1 atom stereocenters. The number of amides is 1. The van der Waals surface area contributed by atoms with Crippen LogP contribution in [0.1, 0.15) is 45.0 Å². The van der Waals surface area contributed by atoms with Gasteiger partial charge in [0.1, 0.15) is 0 Å². The van der Waals surface area contributed by atoms with Crippen molar-refractivity contribution in [2.75, 3.05) is 0 Å². The van der Waals surface area contributed by atoms with Crippen molar-refractivity contribution in [2.45, 2.75) is 25.9 Å². The van der Waals surface area contributed by atoms with Crippen molar-refractivity contribution in [3.63, 3.8) is 0 Å². The number of carbonyl (C=O) groups excluding carboxylic acids is 2. The summed E-state index contributed by atoms with van der Waals surface area (Å²) in [6.45, 7) is 2.26. The average Bonchev–Trinajstić information content (AvgIpc) is 3.30. The van der Waals surface area contributed by atoms with Crippen LogP contribution in [0.4, 0.5) is 0 Å². The molecule has 2 heterocycles. The third kappa shape index (κ3) is 4.42. The molecule has 0 aliphatic rings. The fourth-order valence-corrected chi connectivity index (χ4v) is 3.38. The molecule has 1 N–H and O–H groups in total. The Morgan fingerprint density at radius 3 is 2.72 bits per heavy atom. The molecule has 0 aliphatic carbocycles. The highest BCUT2D eigenvalue weighted by molar-refractivity contribution is 7.12. The van der Waals surface area contributed by atoms with E-state index in [0.29, 0.717) is 10.4 Å². The van der Waals surface area contributed by atoms with E-state index in [1.54, 1.807) is 24.0 Å². The summed E-state index contributed by atoms with van der Waals surface area (Å²) >= 11 is 1.30. The van der Waals surface area contributed by atoms with Crippen LogP contribution in [0.2, 0.25) is 0 Å². The highest BCUT2D eigenvalue weighted by atomic mass is 32.1. The van der Waals surface area contributed by atoms with Gasteiger partial charge in [-0.1, -0.05) is 30.3 Å². The van der Waals surface area contributed by atoms with E-state index in [0.717, 1.165) is 18.5 Å². The number of thiophene rings is 1. The number of hydrogen-bond donors (Lipinski definition) is 1. The lowest BCUT2D eigenvalue weighted by atomic mass is 10.0. The summed E-state index contributed by atoms with van der Waals surface area (Å²) in [7, 11) is 0. The third-order valence-electron chi connectivity index (χ3n) is 3.95. The molecule has 0 aliphatic heterocycles. The Balaban J connectivity index is 1.74. The van der Waals surface area contributed by atoms with E-state index < -0.39 is 0 Å². The zero-order valence-corrected chi connectivity index (χ0v) is 14.7. The molecular weight excluding hydrogens is 334 g/mol. The molecule has 25 heavy (non-hydrogen) atoms. The van der Waals surface area contributed by atoms with Crippen LogP contribution in [0, 0.1) is 0 Å². The van der Waals surface area contributed by atoms with Crippen LogP contribution in [0.25, 0.3) is 0 Å². The first-order valence-corrected chi connectivity index (χ1v) is 8.92. The van der Waals surface area contributed by atoms with Gasteiger partial charge in [0.25, 0.3) is 5.91 Å². The Morgan fingerprint density at radius 1 is 1.28 bits per heavy atom. The predicted octanol–water partition coefficient (Wildman–Crippen LogP) is 3.71. The number of carbonyl (C=O) groups is 2. The summed E-state index contributed by atoms with van der Waals surface area (Å²) < 4.78 is 1.99. The van der Waals surface area contributed by atoms with Crippen molar-refractivity contribution in [1.82, 2.24) is 14.9 Å². The number of hydrogen-bond acceptors (Lipinski definition) is 4. The van der Waals surface area contributed by atoms with Crippen LogP contribution in [0.3, 0.4) is 0 Å². The van der Waals surface area contributed by atoms with Crippen LogP contribution < -0.4 is 5.32 Å². The smallest absolute Gasteiger partial charge is 0.252 e.